The first-order valence-electron chi connectivity index (χ1n) is 10.0. The number of nitrogen functional groups attached to an aromatic ring is 1. The molecular formula is C19H23F2N7O2. The molecule has 3 atom stereocenters. The zero-order valence-electron chi connectivity index (χ0n) is 16.5. The van der Waals surface area contributed by atoms with E-state index < -0.39 is 6.43 Å². The summed E-state index contributed by atoms with van der Waals surface area (Å²) < 4.78 is 37.9. The van der Waals surface area contributed by atoms with E-state index in [0.29, 0.717) is 56.2 Å². The summed E-state index contributed by atoms with van der Waals surface area (Å²) in [4.78, 5) is 22.1. The van der Waals surface area contributed by atoms with E-state index in [1.807, 2.05) is 6.92 Å². The van der Waals surface area contributed by atoms with Crippen molar-refractivity contribution in [2.45, 2.75) is 38.0 Å². The van der Waals surface area contributed by atoms with Gasteiger partial charge in [0.2, 0.25) is 11.9 Å². The van der Waals surface area contributed by atoms with Crippen LogP contribution in [-0.2, 0) is 9.47 Å². The Morgan fingerprint density at radius 1 is 1.17 bits per heavy atom. The minimum absolute atomic E-state index is 0.0846. The minimum atomic E-state index is -2.73. The number of hydrogen-bond donors (Lipinski definition) is 1. The third kappa shape index (κ3) is 3.41. The molecule has 0 saturated carbocycles. The Morgan fingerprint density at radius 2 is 1.97 bits per heavy atom. The number of anilines is 3. The van der Waals surface area contributed by atoms with Crippen molar-refractivity contribution < 1.29 is 18.3 Å². The molecule has 3 aliphatic heterocycles. The fourth-order valence-electron chi connectivity index (χ4n) is 4.20. The Bertz CT molecular complexity index is 927. The summed E-state index contributed by atoms with van der Waals surface area (Å²) in [5, 5.41) is 0. The number of rotatable bonds is 4. The van der Waals surface area contributed by atoms with Crippen LogP contribution >= 0.6 is 0 Å². The Balaban J connectivity index is 1.58. The van der Waals surface area contributed by atoms with Crippen molar-refractivity contribution >= 4 is 17.7 Å². The number of nitrogens with zero attached hydrogens (tertiary/aromatic N) is 6. The number of alkyl halides is 2. The topological polar surface area (TPSA) is 103 Å². The molecule has 0 spiro atoms. The van der Waals surface area contributed by atoms with Gasteiger partial charge < -0.3 is 25.0 Å². The van der Waals surface area contributed by atoms with Crippen LogP contribution in [-0.4, -0.2) is 71.0 Å². The average molecular weight is 419 g/mol. The van der Waals surface area contributed by atoms with E-state index in [4.69, 9.17) is 20.2 Å². The third-order valence-electron chi connectivity index (χ3n) is 5.84. The number of halogens is 2. The van der Waals surface area contributed by atoms with Gasteiger partial charge in [-0.2, -0.15) is 15.0 Å². The maximum Gasteiger partial charge on any atom is 0.267 e. The van der Waals surface area contributed by atoms with Crippen molar-refractivity contribution in [3.05, 3.63) is 17.8 Å². The number of aromatic nitrogens is 4. The highest BCUT2D eigenvalue weighted by Crippen LogP contribution is 2.33. The predicted molar refractivity (Wildman–Crippen MR) is 106 cm³/mol. The molecule has 2 bridgehead atoms. The van der Waals surface area contributed by atoms with Gasteiger partial charge in [0, 0.05) is 24.8 Å². The lowest BCUT2D eigenvalue weighted by atomic mass is 10.2. The molecule has 160 valence electrons. The molecule has 0 amide bonds. The third-order valence-corrected chi connectivity index (χ3v) is 5.84. The van der Waals surface area contributed by atoms with Crippen LogP contribution in [0.25, 0.3) is 11.4 Å². The summed E-state index contributed by atoms with van der Waals surface area (Å²) >= 11 is 0. The van der Waals surface area contributed by atoms with E-state index in [1.54, 1.807) is 0 Å². The Hall–Kier alpha value is -2.66. The minimum Gasteiger partial charge on any atom is -0.383 e. The second kappa shape index (κ2) is 7.55. The highest BCUT2D eigenvalue weighted by molar-refractivity contribution is 5.62. The monoisotopic (exact) mass is 419 g/mol. The van der Waals surface area contributed by atoms with Crippen molar-refractivity contribution in [3.63, 3.8) is 0 Å². The van der Waals surface area contributed by atoms with Crippen LogP contribution in [0.5, 0.6) is 0 Å². The number of morpholine rings is 2. The molecule has 0 aliphatic carbocycles. The van der Waals surface area contributed by atoms with Crippen LogP contribution in [0.15, 0.2) is 12.3 Å². The van der Waals surface area contributed by atoms with E-state index >= 15 is 0 Å². The highest BCUT2D eigenvalue weighted by atomic mass is 19.3. The van der Waals surface area contributed by atoms with Gasteiger partial charge in [0.25, 0.3) is 6.43 Å². The van der Waals surface area contributed by atoms with Gasteiger partial charge in [-0.1, -0.05) is 0 Å². The molecule has 11 heteroatoms. The lowest BCUT2D eigenvalue weighted by Crippen LogP contribution is -2.45. The molecule has 3 aliphatic rings. The number of nitrogens with two attached hydrogens (primary N) is 1. The number of pyridine rings is 1. The van der Waals surface area contributed by atoms with Gasteiger partial charge in [-0.25, -0.2) is 13.8 Å². The molecule has 3 saturated heterocycles. The molecule has 2 N–H and O–H groups in total. The van der Waals surface area contributed by atoms with Gasteiger partial charge in [-0.3, -0.25) is 0 Å². The van der Waals surface area contributed by atoms with E-state index in [1.165, 1.54) is 12.3 Å². The lowest BCUT2D eigenvalue weighted by Gasteiger charge is -2.34. The van der Waals surface area contributed by atoms with E-state index in [9.17, 15) is 8.78 Å². The number of hydrogen-bond acceptors (Lipinski definition) is 9. The fraction of sp³-hybridized carbons (Fsp3) is 0.579. The van der Waals surface area contributed by atoms with E-state index in [0.717, 1.165) is 6.42 Å². The van der Waals surface area contributed by atoms with Crippen LogP contribution in [0, 0.1) is 0 Å². The van der Waals surface area contributed by atoms with Gasteiger partial charge in [0.1, 0.15) is 5.82 Å². The first kappa shape index (κ1) is 19.3. The Labute approximate surface area is 172 Å². The zero-order valence-corrected chi connectivity index (χ0v) is 16.5. The number of ether oxygens (including phenoxy) is 2. The lowest BCUT2D eigenvalue weighted by molar-refractivity contribution is 0.0974. The maximum atomic E-state index is 13.4. The van der Waals surface area contributed by atoms with Gasteiger partial charge >= 0.3 is 0 Å². The molecule has 0 aromatic carbocycles. The average Bonchev–Trinajstić information content (AvgIpc) is 3.38. The van der Waals surface area contributed by atoms with Crippen LogP contribution in [0.3, 0.4) is 0 Å². The first-order chi connectivity index (χ1) is 14.5. The summed E-state index contributed by atoms with van der Waals surface area (Å²) in [6, 6.07) is 1.60. The zero-order chi connectivity index (χ0) is 20.8. The molecule has 0 radical (unpaired) electrons. The highest BCUT2D eigenvalue weighted by Gasteiger charge is 2.41. The summed E-state index contributed by atoms with van der Waals surface area (Å²) in [5.74, 6) is 1.13. The Morgan fingerprint density at radius 3 is 2.63 bits per heavy atom. The van der Waals surface area contributed by atoms with Crippen LogP contribution in [0.4, 0.5) is 26.5 Å². The molecular weight excluding hydrogens is 396 g/mol. The second-order valence-corrected chi connectivity index (χ2v) is 7.87. The molecule has 0 unspecified atom stereocenters. The predicted octanol–water partition coefficient (Wildman–Crippen LogP) is 1.66. The largest absolute Gasteiger partial charge is 0.383 e. The molecule has 5 heterocycles. The summed E-state index contributed by atoms with van der Waals surface area (Å²) in [7, 11) is 0. The maximum absolute atomic E-state index is 13.4. The molecule has 3 fully saturated rings. The molecule has 2 aromatic rings. The van der Waals surface area contributed by atoms with Crippen molar-refractivity contribution in [3.8, 4) is 11.4 Å². The van der Waals surface area contributed by atoms with Crippen molar-refractivity contribution in [2.75, 3.05) is 48.4 Å². The molecule has 5 rings (SSSR count). The Kier molecular flexibility index (Phi) is 4.86. The first-order valence-corrected chi connectivity index (χ1v) is 10.0. The summed E-state index contributed by atoms with van der Waals surface area (Å²) in [6.45, 7) is 5.15. The van der Waals surface area contributed by atoms with Crippen molar-refractivity contribution in [1.82, 2.24) is 19.9 Å². The molecule has 2 aromatic heterocycles. The van der Waals surface area contributed by atoms with Gasteiger partial charge in [0.05, 0.1) is 43.6 Å². The standard InChI is InChI=1S/C19H23F2N7O2/c1-10-8-29-3-2-27(10)18-24-17(11-4-14(15(20)21)16(22)23-6-11)25-19(26-18)28-7-13-5-12(28)9-30-13/h4,6,10,12-13,15H,2-3,5,7-9H2,1H3,(H2,22,23)/t10-,12+,13+/m1/s1. The second-order valence-electron chi connectivity index (χ2n) is 7.87. The SMILES string of the molecule is C[C@@H]1COCCN1c1nc(-c2cnc(N)c(C(F)F)c2)nc(N2C[C@@H]3C[C@H]2CO3)n1. The summed E-state index contributed by atoms with van der Waals surface area (Å²) in [6.07, 6.45) is -0.205. The van der Waals surface area contributed by atoms with Gasteiger partial charge in [-0.05, 0) is 19.4 Å². The van der Waals surface area contributed by atoms with E-state index in [2.05, 4.69) is 24.8 Å². The fourth-order valence-corrected chi connectivity index (χ4v) is 4.20. The van der Waals surface area contributed by atoms with Crippen molar-refractivity contribution in [2.24, 2.45) is 0 Å². The van der Waals surface area contributed by atoms with Crippen LogP contribution < -0.4 is 15.5 Å². The quantitative estimate of drug-likeness (QED) is 0.792. The van der Waals surface area contributed by atoms with Gasteiger partial charge in [0.15, 0.2) is 5.82 Å². The molecule has 9 nitrogen and oxygen atoms in total. The van der Waals surface area contributed by atoms with Crippen molar-refractivity contribution in [1.29, 1.82) is 0 Å². The van der Waals surface area contributed by atoms with E-state index in [-0.39, 0.29) is 29.6 Å². The normalized spacial score (nSPS) is 26.1. The number of fused-ring (bicyclic) bond motifs is 2. The van der Waals surface area contributed by atoms with Crippen LogP contribution in [0.1, 0.15) is 25.3 Å². The van der Waals surface area contributed by atoms with Gasteiger partial charge in [-0.15, -0.1) is 0 Å². The molecule has 30 heavy (non-hydrogen) atoms. The summed E-state index contributed by atoms with van der Waals surface area (Å²) in [5.41, 5.74) is 5.67. The van der Waals surface area contributed by atoms with Crippen LogP contribution in [0.2, 0.25) is 0 Å². The smallest absolute Gasteiger partial charge is 0.267 e.